The largest absolute Gasteiger partial charge is 0.394 e. The Kier molecular flexibility index (Phi) is 4.67. The maximum absolute atomic E-state index is 5.56. The first-order chi connectivity index (χ1) is 10.3. The first-order valence-electron chi connectivity index (χ1n) is 7.11. The zero-order chi connectivity index (χ0) is 14.5. The van der Waals surface area contributed by atoms with Gasteiger partial charge in [-0.25, -0.2) is 9.97 Å². The molecular formula is C13H18BN5O2. The topological polar surface area (TPSA) is 63.1 Å². The van der Waals surface area contributed by atoms with Crippen LogP contribution in [-0.2, 0) is 9.57 Å². The minimum Gasteiger partial charge on any atom is -0.394 e. The molecule has 3 rings (SSSR count). The van der Waals surface area contributed by atoms with Crippen LogP contribution in [0.15, 0.2) is 17.5 Å². The number of anilines is 1. The van der Waals surface area contributed by atoms with Gasteiger partial charge in [-0.1, -0.05) is 10.6 Å². The normalized spacial score (nSPS) is 19.2. The second kappa shape index (κ2) is 6.86. The average Bonchev–Trinajstić information content (AvgIpc) is 2.48. The molecule has 2 saturated heterocycles. The van der Waals surface area contributed by atoms with Crippen LogP contribution in [0.5, 0.6) is 0 Å². The summed E-state index contributed by atoms with van der Waals surface area (Å²) < 4.78 is 5.30. The molecule has 2 aliphatic heterocycles. The van der Waals surface area contributed by atoms with E-state index in [0.29, 0.717) is 31.1 Å². The Hall–Kier alpha value is -1.67. The Bertz CT molecular complexity index is 482. The van der Waals surface area contributed by atoms with Gasteiger partial charge in [-0.2, -0.15) is 0 Å². The van der Waals surface area contributed by atoms with Crippen molar-refractivity contribution < 1.29 is 9.57 Å². The molecule has 2 aliphatic rings. The number of oxime groups is 1. The number of hydrogen-bond acceptors (Lipinski definition) is 7. The number of hydrogen-bond donors (Lipinski definition) is 0. The molecule has 1 aromatic rings. The fourth-order valence-corrected chi connectivity index (χ4v) is 2.22. The summed E-state index contributed by atoms with van der Waals surface area (Å²) in [5.41, 5.74) is 1.58. The number of ether oxygens (including phenoxy) is 1. The number of aromatic nitrogens is 2. The van der Waals surface area contributed by atoms with Crippen molar-refractivity contribution in [3.8, 4) is 0 Å². The van der Waals surface area contributed by atoms with Gasteiger partial charge in [0.2, 0.25) is 5.95 Å². The minimum atomic E-state index is 0.569. The van der Waals surface area contributed by atoms with Gasteiger partial charge in [0.05, 0.1) is 32.0 Å². The van der Waals surface area contributed by atoms with Gasteiger partial charge in [-0.05, 0) is 0 Å². The predicted octanol–water partition coefficient (Wildman–Crippen LogP) is -1.20. The zero-order valence-electron chi connectivity index (χ0n) is 11.9. The van der Waals surface area contributed by atoms with Crippen LogP contribution in [0.25, 0.3) is 0 Å². The average molecular weight is 287 g/mol. The van der Waals surface area contributed by atoms with Crippen LogP contribution in [0, 0.1) is 0 Å². The van der Waals surface area contributed by atoms with Crippen LogP contribution in [0.4, 0.5) is 5.95 Å². The Balaban J connectivity index is 1.34. The standard InChI is InChI=1S/C13H18BN5O2/c14-11-7-15-13(16-8-11)19-9-12(10-19)17-21-6-3-18-1-4-20-5-2-18/h7-8H,1-6,9-10H2. The SMILES string of the molecule is [B]c1cnc(N2CC(=NOCCN3CCOCC3)C2)nc1. The molecule has 0 atom stereocenters. The van der Waals surface area contributed by atoms with Crippen LogP contribution in [0.3, 0.4) is 0 Å². The van der Waals surface area contributed by atoms with Gasteiger partial charge >= 0.3 is 0 Å². The molecule has 0 aromatic carbocycles. The lowest BCUT2D eigenvalue weighted by atomic mass is 10.0. The molecule has 0 aliphatic carbocycles. The van der Waals surface area contributed by atoms with Crippen LogP contribution in [0.2, 0.25) is 0 Å². The summed E-state index contributed by atoms with van der Waals surface area (Å²) in [6.07, 6.45) is 3.21. The van der Waals surface area contributed by atoms with E-state index >= 15 is 0 Å². The van der Waals surface area contributed by atoms with Crippen LogP contribution in [-0.4, -0.2) is 81.0 Å². The van der Waals surface area contributed by atoms with E-state index in [0.717, 1.165) is 38.6 Å². The molecule has 0 amide bonds. The highest BCUT2D eigenvalue weighted by Crippen LogP contribution is 2.12. The third kappa shape index (κ3) is 3.92. The van der Waals surface area contributed by atoms with Crippen LogP contribution in [0.1, 0.15) is 0 Å². The number of morpholine rings is 1. The summed E-state index contributed by atoms with van der Waals surface area (Å²) in [6.45, 7) is 6.50. The molecule has 0 spiro atoms. The molecule has 1 aromatic heterocycles. The number of rotatable bonds is 5. The fourth-order valence-electron chi connectivity index (χ4n) is 2.22. The van der Waals surface area contributed by atoms with Crippen molar-refractivity contribution in [2.24, 2.45) is 5.16 Å². The lowest BCUT2D eigenvalue weighted by Crippen LogP contribution is -2.48. The van der Waals surface area contributed by atoms with E-state index in [9.17, 15) is 0 Å². The van der Waals surface area contributed by atoms with Crippen LogP contribution < -0.4 is 10.4 Å². The molecule has 7 nitrogen and oxygen atoms in total. The van der Waals surface area contributed by atoms with Crippen molar-refractivity contribution >= 4 is 25.0 Å². The number of nitrogens with zero attached hydrogens (tertiary/aromatic N) is 5. The second-order valence-electron chi connectivity index (χ2n) is 5.12. The van der Waals surface area contributed by atoms with E-state index in [1.165, 1.54) is 0 Å². The third-order valence-electron chi connectivity index (χ3n) is 3.48. The van der Waals surface area contributed by atoms with Gasteiger partial charge in [-0.15, -0.1) is 0 Å². The molecule has 110 valence electrons. The van der Waals surface area contributed by atoms with Crippen LogP contribution >= 0.6 is 0 Å². The molecule has 2 radical (unpaired) electrons. The fraction of sp³-hybridized carbons (Fsp3) is 0.615. The zero-order valence-corrected chi connectivity index (χ0v) is 11.9. The smallest absolute Gasteiger partial charge is 0.225 e. The minimum absolute atomic E-state index is 0.569. The van der Waals surface area contributed by atoms with Gasteiger partial charge in [0.15, 0.2) is 0 Å². The van der Waals surface area contributed by atoms with Gasteiger partial charge in [-0.3, -0.25) is 4.90 Å². The molecule has 21 heavy (non-hydrogen) atoms. The van der Waals surface area contributed by atoms with E-state index in [2.05, 4.69) is 20.0 Å². The van der Waals surface area contributed by atoms with E-state index in [4.69, 9.17) is 17.4 Å². The maximum Gasteiger partial charge on any atom is 0.225 e. The Morgan fingerprint density at radius 3 is 2.67 bits per heavy atom. The van der Waals surface area contributed by atoms with E-state index in [-0.39, 0.29) is 0 Å². The quantitative estimate of drug-likeness (QED) is 0.385. The predicted molar refractivity (Wildman–Crippen MR) is 80.3 cm³/mol. The Morgan fingerprint density at radius 2 is 1.95 bits per heavy atom. The first-order valence-corrected chi connectivity index (χ1v) is 7.11. The molecule has 3 heterocycles. The van der Waals surface area contributed by atoms with Crippen molar-refractivity contribution in [2.75, 3.05) is 57.4 Å². The highest BCUT2D eigenvalue weighted by atomic mass is 16.6. The molecule has 8 heteroatoms. The molecule has 0 unspecified atom stereocenters. The van der Waals surface area contributed by atoms with Crippen molar-refractivity contribution in [1.29, 1.82) is 0 Å². The van der Waals surface area contributed by atoms with Gasteiger partial charge in [0.1, 0.15) is 14.5 Å². The summed E-state index contributed by atoms with van der Waals surface area (Å²) >= 11 is 0. The highest BCUT2D eigenvalue weighted by molar-refractivity contribution is 6.31. The highest BCUT2D eigenvalue weighted by Gasteiger charge is 2.24. The van der Waals surface area contributed by atoms with Gasteiger partial charge < -0.3 is 14.5 Å². The second-order valence-corrected chi connectivity index (χ2v) is 5.12. The van der Waals surface area contributed by atoms with E-state index in [1.54, 1.807) is 12.4 Å². The monoisotopic (exact) mass is 287 g/mol. The van der Waals surface area contributed by atoms with Gasteiger partial charge in [0.25, 0.3) is 0 Å². The van der Waals surface area contributed by atoms with Gasteiger partial charge in [0, 0.05) is 32.0 Å². The summed E-state index contributed by atoms with van der Waals surface area (Å²) in [7, 11) is 5.56. The summed E-state index contributed by atoms with van der Waals surface area (Å²) in [5, 5.41) is 4.14. The van der Waals surface area contributed by atoms with E-state index < -0.39 is 0 Å². The molecule has 0 saturated carbocycles. The van der Waals surface area contributed by atoms with Crippen molar-refractivity contribution in [2.45, 2.75) is 0 Å². The maximum atomic E-state index is 5.56. The van der Waals surface area contributed by atoms with Crippen molar-refractivity contribution in [3.05, 3.63) is 12.4 Å². The summed E-state index contributed by atoms with van der Waals surface area (Å²) in [4.78, 5) is 18.0. The van der Waals surface area contributed by atoms with Crippen molar-refractivity contribution in [3.63, 3.8) is 0 Å². The first kappa shape index (κ1) is 14.3. The third-order valence-corrected chi connectivity index (χ3v) is 3.48. The molecule has 2 fully saturated rings. The summed E-state index contributed by atoms with van der Waals surface area (Å²) in [6, 6.07) is 0. The molecular weight excluding hydrogens is 269 g/mol. The molecule has 0 bridgehead atoms. The molecule has 0 N–H and O–H groups in total. The Morgan fingerprint density at radius 1 is 1.24 bits per heavy atom. The van der Waals surface area contributed by atoms with E-state index in [1.807, 2.05) is 4.90 Å². The Labute approximate surface area is 125 Å². The lowest BCUT2D eigenvalue weighted by molar-refractivity contribution is 0.0210. The lowest BCUT2D eigenvalue weighted by Gasteiger charge is -2.32. The van der Waals surface area contributed by atoms with Crippen molar-refractivity contribution in [1.82, 2.24) is 14.9 Å². The summed E-state index contributed by atoms with van der Waals surface area (Å²) in [5.74, 6) is 0.677.